The van der Waals surface area contributed by atoms with Crippen LogP contribution in [0.15, 0.2) is 29.1 Å². The first-order chi connectivity index (χ1) is 10.2. The largest absolute Gasteiger partial charge is 0.497 e. The monoisotopic (exact) mass is 301 g/mol. The molecule has 1 aliphatic rings. The number of H-pyrrole nitrogens is 1. The van der Waals surface area contributed by atoms with Gasteiger partial charge < -0.3 is 19.0 Å². The number of ether oxygens (including phenoxy) is 1. The van der Waals surface area contributed by atoms with Gasteiger partial charge in [-0.15, -0.1) is 0 Å². The Morgan fingerprint density at radius 3 is 2.32 bits per heavy atom. The van der Waals surface area contributed by atoms with E-state index in [9.17, 15) is 4.79 Å². The highest BCUT2D eigenvalue weighted by Crippen LogP contribution is 2.37. The summed E-state index contributed by atoms with van der Waals surface area (Å²) in [6, 6.07) is 6.98. The van der Waals surface area contributed by atoms with Crippen LogP contribution in [0.4, 0.5) is 0 Å². The maximum atomic E-state index is 11.6. The molecule has 116 valence electrons. The third-order valence-corrected chi connectivity index (χ3v) is 4.59. The number of fused-ring (bicyclic) bond motifs is 1. The van der Waals surface area contributed by atoms with E-state index < -0.39 is 18.3 Å². The number of hydrogen-bond acceptors (Lipinski definition) is 4. The average Bonchev–Trinajstić information content (AvgIpc) is 2.65. The Labute approximate surface area is 129 Å². The molecule has 1 aliphatic heterocycles. The van der Waals surface area contributed by atoms with Crippen LogP contribution in [0.1, 0.15) is 27.7 Å². The lowest BCUT2D eigenvalue weighted by Gasteiger charge is -2.32. The summed E-state index contributed by atoms with van der Waals surface area (Å²) >= 11 is 0. The van der Waals surface area contributed by atoms with Crippen molar-refractivity contribution >= 4 is 23.5 Å². The van der Waals surface area contributed by atoms with Gasteiger partial charge in [-0.05, 0) is 50.7 Å². The van der Waals surface area contributed by atoms with E-state index in [0.29, 0.717) is 11.3 Å². The van der Waals surface area contributed by atoms with Gasteiger partial charge in [0.1, 0.15) is 5.75 Å². The van der Waals surface area contributed by atoms with E-state index >= 15 is 0 Å². The van der Waals surface area contributed by atoms with Crippen LogP contribution in [0.25, 0.3) is 10.9 Å². The van der Waals surface area contributed by atoms with Crippen LogP contribution in [0.5, 0.6) is 5.75 Å². The molecule has 2 aromatic rings. The molecule has 0 aliphatic carbocycles. The SMILES string of the molecule is COc1cc(B2OC(C)(C)C(C)(C)O2)c2ccc(=O)[nH]c2c1. The van der Waals surface area contributed by atoms with E-state index in [2.05, 4.69) is 4.98 Å². The normalized spacial score (nSPS) is 19.6. The molecule has 0 amide bonds. The zero-order valence-corrected chi connectivity index (χ0v) is 13.5. The van der Waals surface area contributed by atoms with Gasteiger partial charge in [-0.3, -0.25) is 4.79 Å². The molecule has 0 spiro atoms. The van der Waals surface area contributed by atoms with Gasteiger partial charge in [-0.1, -0.05) is 0 Å². The first-order valence-corrected chi connectivity index (χ1v) is 7.30. The summed E-state index contributed by atoms with van der Waals surface area (Å²) in [6.07, 6.45) is 0. The fourth-order valence-corrected chi connectivity index (χ4v) is 2.55. The number of nitrogens with one attached hydrogen (secondary N) is 1. The van der Waals surface area contributed by atoms with Crippen molar-refractivity contribution in [3.05, 3.63) is 34.6 Å². The molecule has 22 heavy (non-hydrogen) atoms. The second-order valence-corrected chi connectivity index (χ2v) is 6.59. The third-order valence-electron chi connectivity index (χ3n) is 4.59. The molecule has 1 aromatic heterocycles. The Kier molecular flexibility index (Phi) is 3.34. The first-order valence-electron chi connectivity index (χ1n) is 7.30. The highest BCUT2D eigenvalue weighted by atomic mass is 16.7. The first kappa shape index (κ1) is 15.1. The summed E-state index contributed by atoms with van der Waals surface area (Å²) in [6.45, 7) is 8.04. The minimum Gasteiger partial charge on any atom is -0.497 e. The zero-order valence-electron chi connectivity index (χ0n) is 13.5. The minimum atomic E-state index is -0.506. The Morgan fingerprint density at radius 1 is 1.09 bits per heavy atom. The number of pyridine rings is 1. The Balaban J connectivity index is 2.17. The van der Waals surface area contributed by atoms with Gasteiger partial charge >= 0.3 is 7.12 Å². The standard InChI is InChI=1S/C16H20BNO4/c1-15(2)16(3,4)22-17(21-15)12-8-10(20-5)9-13-11(12)6-7-14(19)18-13/h6-9H,1-5H3,(H,18,19). The summed E-state index contributed by atoms with van der Waals surface area (Å²) in [5.41, 5.74) is 0.561. The molecule has 5 nitrogen and oxygen atoms in total. The van der Waals surface area contributed by atoms with Crippen LogP contribution in [0.3, 0.4) is 0 Å². The van der Waals surface area contributed by atoms with Gasteiger partial charge in [0.2, 0.25) is 5.56 Å². The summed E-state index contributed by atoms with van der Waals surface area (Å²) in [4.78, 5) is 14.4. The highest BCUT2D eigenvalue weighted by molar-refractivity contribution is 6.65. The number of rotatable bonds is 2. The molecule has 0 radical (unpaired) electrons. The lowest BCUT2D eigenvalue weighted by Crippen LogP contribution is -2.41. The highest BCUT2D eigenvalue weighted by Gasteiger charge is 2.52. The van der Waals surface area contributed by atoms with Crippen molar-refractivity contribution in [3.8, 4) is 5.75 Å². The number of benzene rings is 1. The molecule has 1 saturated heterocycles. The molecular formula is C16H20BNO4. The van der Waals surface area contributed by atoms with Crippen LogP contribution < -0.4 is 15.8 Å². The molecule has 6 heteroatoms. The molecule has 3 rings (SSSR count). The molecule has 0 atom stereocenters. The summed E-state index contributed by atoms with van der Waals surface area (Å²) in [5, 5.41) is 0.888. The van der Waals surface area contributed by atoms with E-state index in [4.69, 9.17) is 14.0 Å². The van der Waals surface area contributed by atoms with E-state index in [1.807, 2.05) is 33.8 Å². The van der Waals surface area contributed by atoms with Gasteiger partial charge in [0.25, 0.3) is 0 Å². The smallest absolute Gasteiger partial charge is 0.495 e. The Hall–Kier alpha value is -1.79. The van der Waals surface area contributed by atoms with Crippen molar-refractivity contribution < 1.29 is 14.0 Å². The predicted octanol–water partition coefficient (Wildman–Crippen LogP) is 1.84. The number of hydrogen-bond donors (Lipinski definition) is 1. The van der Waals surface area contributed by atoms with E-state index in [1.165, 1.54) is 6.07 Å². The Bertz CT molecular complexity index is 765. The van der Waals surface area contributed by atoms with Gasteiger partial charge in [-0.25, -0.2) is 0 Å². The summed E-state index contributed by atoms with van der Waals surface area (Å²) < 4.78 is 17.6. The molecule has 1 aromatic carbocycles. The van der Waals surface area contributed by atoms with Gasteiger partial charge in [0, 0.05) is 12.1 Å². The summed E-state index contributed by atoms with van der Waals surface area (Å²) in [5.74, 6) is 0.652. The van der Waals surface area contributed by atoms with Gasteiger partial charge in [0.15, 0.2) is 0 Å². The second kappa shape index (κ2) is 4.86. The maximum Gasteiger partial charge on any atom is 0.495 e. The second-order valence-electron chi connectivity index (χ2n) is 6.59. The van der Waals surface area contributed by atoms with Crippen molar-refractivity contribution in [2.45, 2.75) is 38.9 Å². The summed E-state index contributed by atoms with van der Waals surface area (Å²) in [7, 11) is 1.09. The number of aromatic nitrogens is 1. The fraction of sp³-hybridized carbons (Fsp3) is 0.438. The Morgan fingerprint density at radius 2 is 1.73 bits per heavy atom. The predicted molar refractivity (Wildman–Crippen MR) is 86.8 cm³/mol. The van der Waals surface area contributed by atoms with Crippen molar-refractivity contribution in [2.75, 3.05) is 7.11 Å². The fourth-order valence-electron chi connectivity index (χ4n) is 2.55. The molecule has 0 saturated carbocycles. The molecule has 0 unspecified atom stereocenters. The van der Waals surface area contributed by atoms with E-state index in [-0.39, 0.29) is 5.56 Å². The van der Waals surface area contributed by atoms with Gasteiger partial charge in [-0.2, -0.15) is 0 Å². The lowest BCUT2D eigenvalue weighted by molar-refractivity contribution is 0.00578. The molecular weight excluding hydrogens is 281 g/mol. The van der Waals surface area contributed by atoms with Crippen LogP contribution in [-0.2, 0) is 9.31 Å². The van der Waals surface area contributed by atoms with Crippen molar-refractivity contribution in [1.82, 2.24) is 4.98 Å². The topological polar surface area (TPSA) is 60.6 Å². The van der Waals surface area contributed by atoms with Crippen molar-refractivity contribution in [3.63, 3.8) is 0 Å². The minimum absolute atomic E-state index is 0.152. The van der Waals surface area contributed by atoms with Crippen molar-refractivity contribution in [2.24, 2.45) is 0 Å². The van der Waals surface area contributed by atoms with Crippen LogP contribution in [0, 0.1) is 0 Å². The molecule has 1 fully saturated rings. The zero-order chi connectivity index (χ0) is 16.1. The molecule has 2 heterocycles. The average molecular weight is 301 g/mol. The van der Waals surface area contributed by atoms with E-state index in [1.54, 1.807) is 19.2 Å². The quantitative estimate of drug-likeness (QED) is 0.860. The number of aromatic amines is 1. The van der Waals surface area contributed by atoms with Crippen LogP contribution in [0.2, 0.25) is 0 Å². The van der Waals surface area contributed by atoms with Crippen LogP contribution in [-0.4, -0.2) is 30.4 Å². The maximum absolute atomic E-state index is 11.6. The van der Waals surface area contributed by atoms with Crippen LogP contribution >= 0.6 is 0 Å². The lowest BCUT2D eigenvalue weighted by atomic mass is 9.76. The molecule has 0 bridgehead atoms. The van der Waals surface area contributed by atoms with Gasteiger partial charge in [0.05, 0.1) is 23.8 Å². The number of methoxy groups -OCH3 is 1. The molecule has 1 N–H and O–H groups in total. The van der Waals surface area contributed by atoms with Crippen molar-refractivity contribution in [1.29, 1.82) is 0 Å². The third kappa shape index (κ3) is 2.32. The van der Waals surface area contributed by atoms with E-state index in [0.717, 1.165) is 10.8 Å².